The van der Waals surface area contributed by atoms with Crippen LogP contribution in [-0.4, -0.2) is 30.9 Å². The molecule has 0 saturated carbocycles. The molecular formula is C15H24N2O4. The molecule has 6 nitrogen and oxygen atoms in total. The van der Waals surface area contributed by atoms with Gasteiger partial charge in [-0.15, -0.1) is 0 Å². The summed E-state index contributed by atoms with van der Waals surface area (Å²) in [5.41, 5.74) is 1.41. The summed E-state index contributed by atoms with van der Waals surface area (Å²) in [5.74, 6) is 0.595. The predicted octanol–water partition coefficient (Wildman–Crippen LogP) is 3.45. The van der Waals surface area contributed by atoms with Gasteiger partial charge in [0.05, 0.1) is 30.8 Å². The van der Waals surface area contributed by atoms with Crippen LogP contribution in [0.3, 0.4) is 0 Å². The normalized spacial score (nSPS) is 12.7. The number of pyridine rings is 1. The number of hydrogen-bond donors (Lipinski definition) is 1. The highest BCUT2D eigenvalue weighted by molar-refractivity contribution is 5.86. The van der Waals surface area contributed by atoms with Gasteiger partial charge in [0.1, 0.15) is 11.4 Å². The Morgan fingerprint density at radius 2 is 1.95 bits per heavy atom. The van der Waals surface area contributed by atoms with Crippen molar-refractivity contribution in [2.24, 2.45) is 0 Å². The molecule has 1 aromatic rings. The van der Waals surface area contributed by atoms with Crippen LogP contribution >= 0.6 is 0 Å². The van der Waals surface area contributed by atoms with E-state index < -0.39 is 11.7 Å². The number of methoxy groups -OCH3 is 2. The fourth-order valence-corrected chi connectivity index (χ4v) is 1.90. The van der Waals surface area contributed by atoms with E-state index in [1.54, 1.807) is 41.2 Å². The number of carbonyl (C=O) groups is 1. The molecule has 6 heteroatoms. The highest BCUT2D eigenvalue weighted by Gasteiger charge is 2.22. The van der Waals surface area contributed by atoms with Crippen LogP contribution in [0, 0.1) is 6.92 Å². The van der Waals surface area contributed by atoms with Gasteiger partial charge >= 0.3 is 6.09 Å². The molecule has 1 amide bonds. The van der Waals surface area contributed by atoms with Crippen molar-refractivity contribution in [1.29, 1.82) is 0 Å². The number of hydrogen-bond acceptors (Lipinski definition) is 5. The number of nitrogens with one attached hydrogen (secondary N) is 1. The van der Waals surface area contributed by atoms with Gasteiger partial charge < -0.3 is 14.2 Å². The molecule has 1 aromatic heterocycles. The van der Waals surface area contributed by atoms with Gasteiger partial charge in [0.15, 0.2) is 0 Å². The van der Waals surface area contributed by atoms with E-state index in [1.165, 1.54) is 0 Å². The Balaban J connectivity index is 3.15. The summed E-state index contributed by atoms with van der Waals surface area (Å²) in [4.78, 5) is 16.2. The third-order valence-corrected chi connectivity index (χ3v) is 2.85. The minimum atomic E-state index is -0.570. The van der Waals surface area contributed by atoms with Gasteiger partial charge in [0.25, 0.3) is 0 Å². The first-order valence-corrected chi connectivity index (χ1v) is 6.76. The standard InChI is InChI=1S/C15H24N2O4/c1-9-13(20-7)12(10(2)19-6)11(8-16-9)17-14(18)21-15(3,4)5/h8,10H,1-7H3,(H,17,18). The van der Waals surface area contributed by atoms with E-state index in [9.17, 15) is 4.79 Å². The van der Waals surface area contributed by atoms with Crippen molar-refractivity contribution in [3.8, 4) is 5.75 Å². The van der Waals surface area contributed by atoms with Crippen molar-refractivity contribution >= 4 is 11.8 Å². The second kappa shape index (κ2) is 6.76. The molecule has 0 spiro atoms. The lowest BCUT2D eigenvalue weighted by Gasteiger charge is -2.23. The van der Waals surface area contributed by atoms with Gasteiger partial charge in [-0.3, -0.25) is 10.3 Å². The Hall–Kier alpha value is -1.82. The summed E-state index contributed by atoms with van der Waals surface area (Å²) in [5, 5.41) is 2.70. The van der Waals surface area contributed by atoms with Gasteiger partial charge in [-0.2, -0.15) is 0 Å². The number of ether oxygens (including phenoxy) is 3. The lowest BCUT2D eigenvalue weighted by Crippen LogP contribution is -2.27. The van der Waals surface area contributed by atoms with Crippen molar-refractivity contribution in [3.63, 3.8) is 0 Å². The summed E-state index contributed by atoms with van der Waals surface area (Å²) < 4.78 is 16.0. The number of aromatic nitrogens is 1. The third-order valence-electron chi connectivity index (χ3n) is 2.85. The van der Waals surface area contributed by atoms with E-state index in [2.05, 4.69) is 10.3 Å². The number of anilines is 1. The van der Waals surface area contributed by atoms with E-state index in [0.29, 0.717) is 11.4 Å². The number of amides is 1. The zero-order chi connectivity index (χ0) is 16.2. The van der Waals surface area contributed by atoms with E-state index in [4.69, 9.17) is 14.2 Å². The van der Waals surface area contributed by atoms with Gasteiger partial charge in [-0.05, 0) is 34.6 Å². The molecule has 1 atom stereocenters. The summed E-state index contributed by atoms with van der Waals surface area (Å²) >= 11 is 0. The molecule has 1 N–H and O–H groups in total. The first kappa shape index (κ1) is 17.2. The van der Waals surface area contributed by atoms with Crippen molar-refractivity contribution in [2.75, 3.05) is 19.5 Å². The number of carbonyl (C=O) groups excluding carboxylic acids is 1. The second-order valence-electron chi connectivity index (χ2n) is 5.71. The molecular weight excluding hydrogens is 272 g/mol. The molecule has 0 fully saturated rings. The quantitative estimate of drug-likeness (QED) is 0.921. The molecule has 0 aliphatic carbocycles. The van der Waals surface area contributed by atoms with Crippen LogP contribution in [0.25, 0.3) is 0 Å². The molecule has 1 heterocycles. The summed E-state index contributed by atoms with van der Waals surface area (Å²) in [6, 6.07) is 0. The van der Waals surface area contributed by atoms with Gasteiger partial charge in [0, 0.05) is 12.7 Å². The van der Waals surface area contributed by atoms with Crippen LogP contribution < -0.4 is 10.1 Å². The van der Waals surface area contributed by atoms with Gasteiger partial charge in [0.2, 0.25) is 0 Å². The van der Waals surface area contributed by atoms with Crippen LogP contribution in [0.2, 0.25) is 0 Å². The summed E-state index contributed by atoms with van der Waals surface area (Å²) in [6.07, 6.45) is 0.776. The SMILES string of the molecule is COc1c(C)ncc(NC(=O)OC(C)(C)C)c1C(C)OC. The minimum Gasteiger partial charge on any atom is -0.494 e. The molecule has 1 rings (SSSR count). The van der Waals surface area contributed by atoms with Gasteiger partial charge in [-0.25, -0.2) is 4.79 Å². The number of nitrogens with zero attached hydrogens (tertiary/aromatic N) is 1. The lowest BCUT2D eigenvalue weighted by atomic mass is 10.1. The van der Waals surface area contributed by atoms with Crippen molar-refractivity contribution in [1.82, 2.24) is 4.98 Å². The average molecular weight is 296 g/mol. The fraction of sp³-hybridized carbons (Fsp3) is 0.600. The van der Waals surface area contributed by atoms with Crippen LogP contribution in [-0.2, 0) is 9.47 Å². The monoisotopic (exact) mass is 296 g/mol. The Morgan fingerprint density at radius 3 is 2.43 bits per heavy atom. The minimum absolute atomic E-state index is 0.258. The van der Waals surface area contributed by atoms with E-state index in [-0.39, 0.29) is 6.10 Å². The molecule has 0 radical (unpaired) electrons. The summed E-state index contributed by atoms with van der Waals surface area (Å²) in [7, 11) is 3.16. The maximum absolute atomic E-state index is 11.9. The first-order chi connectivity index (χ1) is 9.69. The third kappa shape index (κ3) is 4.60. The van der Waals surface area contributed by atoms with Crippen molar-refractivity contribution < 1.29 is 19.0 Å². The zero-order valence-electron chi connectivity index (χ0n) is 13.7. The highest BCUT2D eigenvalue weighted by Crippen LogP contribution is 2.35. The smallest absolute Gasteiger partial charge is 0.412 e. The molecule has 0 saturated heterocycles. The van der Waals surface area contributed by atoms with E-state index in [1.807, 2.05) is 13.8 Å². The Labute approximate surface area is 125 Å². The van der Waals surface area contributed by atoms with Crippen molar-refractivity contribution in [2.45, 2.75) is 46.3 Å². The topological polar surface area (TPSA) is 69.7 Å². The van der Waals surface area contributed by atoms with E-state index in [0.717, 1.165) is 11.3 Å². The Bertz CT molecular complexity index is 509. The Kier molecular flexibility index (Phi) is 5.54. The van der Waals surface area contributed by atoms with Crippen LogP contribution in [0.1, 0.15) is 45.1 Å². The molecule has 0 aromatic carbocycles. The molecule has 1 unspecified atom stereocenters. The van der Waals surface area contributed by atoms with Crippen LogP contribution in [0.5, 0.6) is 5.75 Å². The van der Waals surface area contributed by atoms with Gasteiger partial charge in [-0.1, -0.05) is 0 Å². The van der Waals surface area contributed by atoms with E-state index >= 15 is 0 Å². The molecule has 0 aliphatic heterocycles. The Morgan fingerprint density at radius 1 is 1.33 bits per heavy atom. The molecule has 118 valence electrons. The number of rotatable bonds is 4. The molecule has 0 aliphatic rings. The largest absolute Gasteiger partial charge is 0.494 e. The summed E-state index contributed by atoms with van der Waals surface area (Å²) in [6.45, 7) is 9.12. The maximum Gasteiger partial charge on any atom is 0.412 e. The van der Waals surface area contributed by atoms with Crippen LogP contribution in [0.15, 0.2) is 6.20 Å². The second-order valence-corrected chi connectivity index (χ2v) is 5.71. The fourth-order valence-electron chi connectivity index (χ4n) is 1.90. The molecule has 0 bridgehead atoms. The van der Waals surface area contributed by atoms with Crippen LogP contribution in [0.4, 0.5) is 10.5 Å². The predicted molar refractivity (Wildman–Crippen MR) is 80.8 cm³/mol. The average Bonchev–Trinajstić information content (AvgIpc) is 2.37. The zero-order valence-corrected chi connectivity index (χ0v) is 13.7. The van der Waals surface area contributed by atoms with Crippen molar-refractivity contribution in [3.05, 3.63) is 17.5 Å². The maximum atomic E-state index is 11.9. The first-order valence-electron chi connectivity index (χ1n) is 6.76. The number of aryl methyl sites for hydroxylation is 1. The highest BCUT2D eigenvalue weighted by atomic mass is 16.6. The molecule has 21 heavy (non-hydrogen) atoms. The lowest BCUT2D eigenvalue weighted by molar-refractivity contribution is 0.0634.